The number of carbonyl (C=O) groups excluding carboxylic acids is 1. The molecule has 5 heteroatoms. The van der Waals surface area contributed by atoms with Crippen LogP contribution in [0.15, 0.2) is 35.2 Å². The minimum Gasteiger partial charge on any atom is -0.480 e. The Morgan fingerprint density at radius 3 is 2.38 bits per heavy atom. The summed E-state index contributed by atoms with van der Waals surface area (Å²) in [6, 6.07) is 9.74. The van der Waals surface area contributed by atoms with Crippen molar-refractivity contribution in [2.75, 3.05) is 12.4 Å². The van der Waals surface area contributed by atoms with Crippen molar-refractivity contribution in [3.05, 3.63) is 30.3 Å². The lowest BCUT2D eigenvalue weighted by atomic mass is 9.81. The van der Waals surface area contributed by atoms with Gasteiger partial charge >= 0.3 is 11.9 Å². The molecule has 21 heavy (non-hydrogen) atoms. The predicted octanol–water partition coefficient (Wildman–Crippen LogP) is 3.60. The van der Waals surface area contributed by atoms with E-state index >= 15 is 0 Å². The SMILES string of the molecule is CCCC(CCSc1ccccc1)(C(=O)O)C(=O)OCC. The predicted molar refractivity (Wildman–Crippen MR) is 83.4 cm³/mol. The second kappa shape index (κ2) is 8.72. The van der Waals surface area contributed by atoms with E-state index in [1.54, 1.807) is 18.7 Å². The molecule has 4 nitrogen and oxygen atoms in total. The van der Waals surface area contributed by atoms with Crippen LogP contribution in [0.5, 0.6) is 0 Å². The Hall–Kier alpha value is -1.49. The van der Waals surface area contributed by atoms with E-state index in [1.807, 2.05) is 37.3 Å². The third kappa shape index (κ3) is 4.77. The number of esters is 1. The fourth-order valence-corrected chi connectivity index (χ4v) is 3.22. The first-order valence-electron chi connectivity index (χ1n) is 7.15. The molecule has 0 spiro atoms. The van der Waals surface area contributed by atoms with E-state index in [0.29, 0.717) is 18.6 Å². The first-order chi connectivity index (χ1) is 10.1. The third-order valence-electron chi connectivity index (χ3n) is 3.29. The Kier molecular flexibility index (Phi) is 7.29. The number of rotatable bonds is 9. The lowest BCUT2D eigenvalue weighted by Crippen LogP contribution is -2.41. The van der Waals surface area contributed by atoms with Gasteiger partial charge in [-0.2, -0.15) is 0 Å². The van der Waals surface area contributed by atoms with Gasteiger partial charge in [-0.25, -0.2) is 0 Å². The molecule has 1 atom stereocenters. The fourth-order valence-electron chi connectivity index (χ4n) is 2.19. The van der Waals surface area contributed by atoms with E-state index in [1.165, 1.54) is 0 Å². The van der Waals surface area contributed by atoms with Crippen LogP contribution >= 0.6 is 11.8 Å². The molecular formula is C16H22O4S. The number of carboxylic acids is 1. The lowest BCUT2D eigenvalue weighted by molar-refractivity contribution is -0.169. The molecule has 0 aliphatic heterocycles. The summed E-state index contributed by atoms with van der Waals surface area (Å²) < 4.78 is 4.99. The van der Waals surface area contributed by atoms with Crippen molar-refractivity contribution >= 4 is 23.7 Å². The van der Waals surface area contributed by atoms with Crippen molar-refractivity contribution in [1.29, 1.82) is 0 Å². The van der Waals surface area contributed by atoms with E-state index < -0.39 is 17.4 Å². The van der Waals surface area contributed by atoms with Crippen LogP contribution in [0.3, 0.4) is 0 Å². The quantitative estimate of drug-likeness (QED) is 0.429. The van der Waals surface area contributed by atoms with Gasteiger partial charge in [0, 0.05) is 4.90 Å². The molecule has 0 aliphatic rings. The van der Waals surface area contributed by atoms with Crippen LogP contribution in [0, 0.1) is 5.41 Å². The molecule has 0 amide bonds. The summed E-state index contributed by atoms with van der Waals surface area (Å²) in [5.74, 6) is -1.14. The minimum absolute atomic E-state index is 0.198. The number of ether oxygens (including phenoxy) is 1. The Balaban J connectivity index is 2.76. The molecule has 1 aromatic carbocycles. The van der Waals surface area contributed by atoms with Gasteiger partial charge in [0.15, 0.2) is 5.41 Å². The maximum Gasteiger partial charge on any atom is 0.323 e. The van der Waals surface area contributed by atoms with E-state index in [2.05, 4.69) is 0 Å². The summed E-state index contributed by atoms with van der Waals surface area (Å²) in [6.07, 6.45) is 1.20. The first kappa shape index (κ1) is 17.6. The van der Waals surface area contributed by atoms with Crippen LogP contribution in [-0.4, -0.2) is 29.4 Å². The van der Waals surface area contributed by atoms with Crippen LogP contribution in [-0.2, 0) is 14.3 Å². The van der Waals surface area contributed by atoms with Crippen LogP contribution in [0.4, 0.5) is 0 Å². The van der Waals surface area contributed by atoms with E-state index in [-0.39, 0.29) is 13.0 Å². The van der Waals surface area contributed by atoms with E-state index in [0.717, 1.165) is 4.90 Å². The molecule has 1 aromatic rings. The van der Waals surface area contributed by atoms with Gasteiger partial charge in [0.25, 0.3) is 0 Å². The smallest absolute Gasteiger partial charge is 0.323 e. The van der Waals surface area contributed by atoms with Crippen LogP contribution in [0.25, 0.3) is 0 Å². The molecule has 0 radical (unpaired) electrons. The molecule has 0 saturated heterocycles. The molecule has 116 valence electrons. The summed E-state index contributed by atoms with van der Waals surface area (Å²) in [5, 5.41) is 9.54. The highest BCUT2D eigenvalue weighted by Crippen LogP contribution is 2.33. The average Bonchev–Trinajstić information content (AvgIpc) is 2.47. The number of benzene rings is 1. The van der Waals surface area contributed by atoms with Crippen molar-refractivity contribution in [1.82, 2.24) is 0 Å². The highest BCUT2D eigenvalue weighted by Gasteiger charge is 2.46. The fraction of sp³-hybridized carbons (Fsp3) is 0.500. The second-order valence-corrected chi connectivity index (χ2v) is 5.94. The summed E-state index contributed by atoms with van der Waals surface area (Å²) in [4.78, 5) is 24.9. The summed E-state index contributed by atoms with van der Waals surface area (Å²) in [6.45, 7) is 3.76. The van der Waals surface area contributed by atoms with Gasteiger partial charge in [0.2, 0.25) is 0 Å². The average molecular weight is 310 g/mol. The zero-order valence-electron chi connectivity index (χ0n) is 12.5. The monoisotopic (exact) mass is 310 g/mol. The number of thioether (sulfide) groups is 1. The van der Waals surface area contributed by atoms with Gasteiger partial charge in [-0.05, 0) is 37.7 Å². The van der Waals surface area contributed by atoms with Crippen molar-refractivity contribution in [3.8, 4) is 0 Å². The van der Waals surface area contributed by atoms with Crippen LogP contribution in [0.2, 0.25) is 0 Å². The summed E-state index contributed by atoms with van der Waals surface area (Å²) in [7, 11) is 0. The second-order valence-electron chi connectivity index (χ2n) is 4.77. The zero-order chi connectivity index (χ0) is 15.7. The summed E-state index contributed by atoms with van der Waals surface area (Å²) in [5.41, 5.74) is -1.42. The van der Waals surface area contributed by atoms with Gasteiger partial charge in [0.1, 0.15) is 0 Å². The molecule has 0 aliphatic carbocycles. The molecular weight excluding hydrogens is 288 g/mol. The first-order valence-corrected chi connectivity index (χ1v) is 8.14. The van der Waals surface area contributed by atoms with E-state index in [9.17, 15) is 14.7 Å². The van der Waals surface area contributed by atoms with Crippen LogP contribution < -0.4 is 0 Å². The van der Waals surface area contributed by atoms with Crippen LogP contribution in [0.1, 0.15) is 33.1 Å². The number of carboxylic acid groups (broad SMARTS) is 1. The molecule has 0 fully saturated rings. The number of hydrogen-bond donors (Lipinski definition) is 1. The maximum atomic E-state index is 12.1. The Morgan fingerprint density at radius 1 is 1.19 bits per heavy atom. The lowest BCUT2D eigenvalue weighted by Gasteiger charge is -2.26. The highest BCUT2D eigenvalue weighted by molar-refractivity contribution is 7.99. The Bertz CT molecular complexity index is 461. The van der Waals surface area contributed by atoms with Crippen molar-refractivity contribution in [2.45, 2.75) is 38.0 Å². The van der Waals surface area contributed by atoms with Crippen molar-refractivity contribution < 1.29 is 19.4 Å². The minimum atomic E-state index is -1.42. The Morgan fingerprint density at radius 2 is 1.86 bits per heavy atom. The zero-order valence-corrected chi connectivity index (χ0v) is 13.3. The van der Waals surface area contributed by atoms with Gasteiger partial charge in [-0.3, -0.25) is 9.59 Å². The molecule has 1 rings (SSSR count). The molecule has 0 aromatic heterocycles. The maximum absolute atomic E-state index is 12.1. The number of aliphatic carboxylic acids is 1. The topological polar surface area (TPSA) is 63.6 Å². The van der Waals surface area contributed by atoms with E-state index in [4.69, 9.17) is 4.74 Å². The number of carbonyl (C=O) groups is 2. The summed E-state index contributed by atoms with van der Waals surface area (Å²) >= 11 is 1.55. The van der Waals surface area contributed by atoms with Gasteiger partial charge in [-0.15, -0.1) is 11.8 Å². The highest BCUT2D eigenvalue weighted by atomic mass is 32.2. The molecule has 1 N–H and O–H groups in total. The standard InChI is InChI=1S/C16H22O4S/c1-3-10-16(14(17)18,15(19)20-4-2)11-12-21-13-8-6-5-7-9-13/h5-9H,3-4,10-12H2,1-2H3,(H,17,18). The molecule has 0 heterocycles. The largest absolute Gasteiger partial charge is 0.480 e. The van der Waals surface area contributed by atoms with Crippen molar-refractivity contribution in [3.63, 3.8) is 0 Å². The molecule has 0 saturated carbocycles. The number of hydrogen-bond acceptors (Lipinski definition) is 4. The van der Waals surface area contributed by atoms with Gasteiger partial charge in [0.05, 0.1) is 6.61 Å². The van der Waals surface area contributed by atoms with Gasteiger partial charge < -0.3 is 9.84 Å². The molecule has 0 bridgehead atoms. The molecule has 1 unspecified atom stereocenters. The van der Waals surface area contributed by atoms with Crippen molar-refractivity contribution in [2.24, 2.45) is 5.41 Å². The van der Waals surface area contributed by atoms with Gasteiger partial charge in [-0.1, -0.05) is 31.5 Å². The normalized spacial score (nSPS) is 13.4. The third-order valence-corrected chi connectivity index (χ3v) is 4.31. The Labute approximate surface area is 129 Å².